The van der Waals surface area contributed by atoms with E-state index in [-0.39, 0.29) is 16.8 Å². The average Bonchev–Trinajstić information content (AvgIpc) is 2.47. The van der Waals surface area contributed by atoms with Crippen LogP contribution in [-0.4, -0.2) is 33.0 Å². The van der Waals surface area contributed by atoms with Crippen molar-refractivity contribution in [2.45, 2.75) is 55.5 Å². The topological polar surface area (TPSA) is 84.5 Å². The molecule has 6 nitrogen and oxygen atoms in total. The Morgan fingerprint density at radius 2 is 2.09 bits per heavy atom. The van der Waals surface area contributed by atoms with E-state index in [1.54, 1.807) is 19.1 Å². The molecule has 1 aromatic carbocycles. The Morgan fingerprint density at radius 1 is 1.35 bits per heavy atom. The summed E-state index contributed by atoms with van der Waals surface area (Å²) >= 11 is 0. The number of nitrogens with one attached hydrogen (secondary N) is 2. The summed E-state index contributed by atoms with van der Waals surface area (Å²) in [7, 11) is -2.16. The number of carbonyl (C=O) groups is 1. The summed E-state index contributed by atoms with van der Waals surface area (Å²) in [5, 5.41) is 3.00. The van der Waals surface area contributed by atoms with E-state index in [9.17, 15) is 13.2 Å². The maximum atomic E-state index is 12.8. The van der Waals surface area contributed by atoms with Crippen molar-refractivity contribution >= 4 is 15.9 Å². The second-order valence-corrected chi connectivity index (χ2v) is 8.08. The van der Waals surface area contributed by atoms with E-state index in [0.29, 0.717) is 24.2 Å². The molecule has 1 saturated heterocycles. The van der Waals surface area contributed by atoms with Gasteiger partial charge in [0.2, 0.25) is 15.9 Å². The van der Waals surface area contributed by atoms with E-state index < -0.39 is 15.6 Å². The highest BCUT2D eigenvalue weighted by molar-refractivity contribution is 7.89. The lowest BCUT2D eigenvalue weighted by molar-refractivity contribution is -0.127. The molecular formula is C16H22N2O4S. The van der Waals surface area contributed by atoms with Crippen LogP contribution in [0.25, 0.3) is 0 Å². The van der Waals surface area contributed by atoms with E-state index >= 15 is 0 Å². The number of carbonyl (C=O) groups excluding carboxylic acids is 1. The Labute approximate surface area is 136 Å². The molecule has 1 aromatic rings. The Bertz CT molecular complexity index is 726. The van der Waals surface area contributed by atoms with Gasteiger partial charge in [-0.05, 0) is 44.2 Å². The van der Waals surface area contributed by atoms with Crippen LogP contribution < -0.4 is 14.8 Å². The molecule has 2 N–H and O–H groups in total. The fourth-order valence-electron chi connectivity index (χ4n) is 3.43. The Balaban J connectivity index is 1.88. The molecule has 1 saturated carbocycles. The minimum Gasteiger partial charge on any atom is -0.497 e. The highest BCUT2D eigenvalue weighted by atomic mass is 32.2. The van der Waals surface area contributed by atoms with Gasteiger partial charge in [0, 0.05) is 18.5 Å². The lowest BCUT2D eigenvalue weighted by Crippen LogP contribution is -2.68. The van der Waals surface area contributed by atoms with Crippen molar-refractivity contribution in [2.75, 3.05) is 7.11 Å². The monoisotopic (exact) mass is 338 g/mol. The summed E-state index contributed by atoms with van der Waals surface area (Å²) in [6.07, 6.45) is 3.54. The van der Waals surface area contributed by atoms with Crippen molar-refractivity contribution in [3.63, 3.8) is 0 Å². The summed E-state index contributed by atoms with van der Waals surface area (Å²) in [5.41, 5.74) is 0.260. The molecule has 0 radical (unpaired) electrons. The van der Waals surface area contributed by atoms with Crippen molar-refractivity contribution in [3.8, 4) is 5.75 Å². The predicted molar refractivity (Wildman–Crippen MR) is 85.8 cm³/mol. The molecule has 1 amide bonds. The molecule has 0 aromatic heterocycles. The first kappa shape index (κ1) is 16.3. The molecule has 1 aliphatic carbocycles. The van der Waals surface area contributed by atoms with Gasteiger partial charge in [0.05, 0.1) is 17.5 Å². The largest absolute Gasteiger partial charge is 0.497 e. The number of hydrogen-bond donors (Lipinski definition) is 2. The van der Waals surface area contributed by atoms with E-state index in [1.165, 1.54) is 13.2 Å². The summed E-state index contributed by atoms with van der Waals surface area (Å²) in [4.78, 5) is 11.9. The standard InChI is InChI=1S/C16H22N2O4S/c1-11-4-5-12(22-2)10-13(11)23(20,21)18-14-6-7-15(19)17-16(14)8-3-9-16/h4-5,10,14,18H,3,6-9H2,1-2H3,(H,17,19). The highest BCUT2D eigenvalue weighted by Gasteiger charge is 2.49. The number of aryl methyl sites for hydroxylation is 1. The second-order valence-electron chi connectivity index (χ2n) is 6.40. The number of hydrogen-bond acceptors (Lipinski definition) is 4. The van der Waals surface area contributed by atoms with Crippen molar-refractivity contribution in [2.24, 2.45) is 0 Å². The molecule has 2 aliphatic rings. The van der Waals surface area contributed by atoms with E-state index in [2.05, 4.69) is 10.0 Å². The SMILES string of the molecule is COc1ccc(C)c(S(=O)(=O)NC2CCC(=O)NC23CCC3)c1. The lowest BCUT2D eigenvalue weighted by Gasteiger charge is -2.50. The van der Waals surface area contributed by atoms with E-state index in [0.717, 1.165) is 19.3 Å². The molecule has 23 heavy (non-hydrogen) atoms. The smallest absolute Gasteiger partial charge is 0.241 e. The quantitative estimate of drug-likeness (QED) is 0.871. The van der Waals surface area contributed by atoms with Crippen LogP contribution in [0.15, 0.2) is 23.1 Å². The van der Waals surface area contributed by atoms with Gasteiger partial charge in [-0.2, -0.15) is 0 Å². The van der Waals surface area contributed by atoms with Gasteiger partial charge in [-0.15, -0.1) is 0 Å². The lowest BCUT2D eigenvalue weighted by atomic mass is 9.68. The molecular weight excluding hydrogens is 316 g/mol. The summed E-state index contributed by atoms with van der Waals surface area (Å²) in [6.45, 7) is 1.76. The Hall–Kier alpha value is -1.60. The maximum absolute atomic E-state index is 12.8. The van der Waals surface area contributed by atoms with Crippen LogP contribution in [0.1, 0.15) is 37.7 Å². The van der Waals surface area contributed by atoms with Crippen LogP contribution in [-0.2, 0) is 14.8 Å². The van der Waals surface area contributed by atoms with Crippen molar-refractivity contribution in [1.29, 1.82) is 0 Å². The summed E-state index contributed by atoms with van der Waals surface area (Å²) in [5.74, 6) is 0.518. The van der Waals surface area contributed by atoms with Crippen LogP contribution in [0.4, 0.5) is 0 Å². The number of methoxy groups -OCH3 is 1. The molecule has 0 bridgehead atoms. The van der Waals surface area contributed by atoms with Crippen LogP contribution in [0.2, 0.25) is 0 Å². The first-order valence-corrected chi connectivity index (χ1v) is 9.33. The van der Waals surface area contributed by atoms with Crippen LogP contribution in [0.3, 0.4) is 0 Å². The van der Waals surface area contributed by atoms with E-state index in [1.807, 2.05) is 0 Å². The van der Waals surface area contributed by atoms with Crippen molar-refractivity contribution in [3.05, 3.63) is 23.8 Å². The van der Waals surface area contributed by atoms with Gasteiger partial charge in [-0.25, -0.2) is 13.1 Å². The predicted octanol–water partition coefficient (Wildman–Crippen LogP) is 1.48. The third-order valence-electron chi connectivity index (χ3n) is 4.94. The Kier molecular flexibility index (Phi) is 4.10. The number of sulfonamides is 1. The molecule has 1 unspecified atom stereocenters. The molecule has 126 valence electrons. The number of benzene rings is 1. The fourth-order valence-corrected chi connectivity index (χ4v) is 5.04. The summed E-state index contributed by atoms with van der Waals surface area (Å²) in [6, 6.07) is 4.74. The second kappa shape index (κ2) is 5.79. The minimum absolute atomic E-state index is 0.0118. The van der Waals surface area contributed by atoms with Gasteiger partial charge >= 0.3 is 0 Å². The van der Waals surface area contributed by atoms with Crippen molar-refractivity contribution < 1.29 is 17.9 Å². The zero-order valence-corrected chi connectivity index (χ0v) is 14.2. The zero-order chi connectivity index (χ0) is 16.7. The number of ether oxygens (including phenoxy) is 1. The average molecular weight is 338 g/mol. The molecule has 3 rings (SSSR count). The molecule has 7 heteroatoms. The third kappa shape index (κ3) is 2.95. The van der Waals surface area contributed by atoms with Gasteiger partial charge < -0.3 is 10.1 Å². The molecule has 1 atom stereocenters. The number of amides is 1. The maximum Gasteiger partial charge on any atom is 0.241 e. The normalized spacial score (nSPS) is 23.2. The van der Waals surface area contributed by atoms with Gasteiger partial charge in [0.15, 0.2) is 0 Å². The third-order valence-corrected chi connectivity index (χ3v) is 6.56. The minimum atomic E-state index is -3.67. The van der Waals surface area contributed by atoms with Crippen molar-refractivity contribution in [1.82, 2.24) is 10.0 Å². The zero-order valence-electron chi connectivity index (χ0n) is 13.4. The fraction of sp³-hybridized carbons (Fsp3) is 0.562. The van der Waals surface area contributed by atoms with Crippen LogP contribution in [0, 0.1) is 6.92 Å². The number of rotatable bonds is 4. The van der Waals surface area contributed by atoms with Gasteiger partial charge in [-0.3, -0.25) is 4.79 Å². The van der Waals surface area contributed by atoms with Crippen LogP contribution >= 0.6 is 0 Å². The number of piperidine rings is 1. The van der Waals surface area contributed by atoms with Gasteiger partial charge in [0.25, 0.3) is 0 Å². The van der Waals surface area contributed by atoms with Gasteiger partial charge in [-0.1, -0.05) is 6.07 Å². The van der Waals surface area contributed by atoms with E-state index in [4.69, 9.17) is 4.74 Å². The van der Waals surface area contributed by atoms with Gasteiger partial charge in [0.1, 0.15) is 5.75 Å². The molecule has 1 aliphatic heterocycles. The highest BCUT2D eigenvalue weighted by Crippen LogP contribution is 2.39. The molecule has 1 heterocycles. The molecule has 1 spiro atoms. The Morgan fingerprint density at radius 3 is 2.70 bits per heavy atom. The molecule has 2 fully saturated rings. The summed E-state index contributed by atoms with van der Waals surface area (Å²) < 4.78 is 33.6. The first-order chi connectivity index (χ1) is 10.9. The first-order valence-electron chi connectivity index (χ1n) is 7.84. The van der Waals surface area contributed by atoms with Crippen LogP contribution in [0.5, 0.6) is 5.75 Å².